The van der Waals surface area contributed by atoms with Crippen LogP contribution in [0, 0.1) is 12.8 Å². The number of amides is 1. The van der Waals surface area contributed by atoms with Crippen LogP contribution in [-0.4, -0.2) is 18.7 Å². The summed E-state index contributed by atoms with van der Waals surface area (Å²) in [6, 6.07) is 7.57. The quantitative estimate of drug-likeness (QED) is 0.626. The van der Waals surface area contributed by atoms with Gasteiger partial charge in [-0.25, -0.2) is 5.43 Å². The molecule has 0 spiro atoms. The van der Waals surface area contributed by atoms with Crippen molar-refractivity contribution in [2.75, 3.05) is 6.61 Å². The maximum atomic E-state index is 11.4. The number of aryl methyl sites for hydroxylation is 1. The molecule has 1 rings (SSSR count). The van der Waals surface area contributed by atoms with Crippen molar-refractivity contribution >= 4 is 12.1 Å². The molecular formula is C13H18N2O2. The van der Waals surface area contributed by atoms with Crippen molar-refractivity contribution in [3.63, 3.8) is 0 Å². The number of carbonyl (C=O) groups excluding carboxylic acids is 1. The van der Waals surface area contributed by atoms with Crippen LogP contribution in [0.1, 0.15) is 19.4 Å². The summed E-state index contributed by atoms with van der Waals surface area (Å²) in [5.74, 6) is 0.772. The molecule has 0 heterocycles. The Balaban J connectivity index is 2.36. The van der Waals surface area contributed by atoms with Crippen LogP contribution in [-0.2, 0) is 4.79 Å². The summed E-state index contributed by atoms with van der Waals surface area (Å²) >= 11 is 0. The Morgan fingerprint density at radius 1 is 1.47 bits per heavy atom. The molecule has 0 aliphatic rings. The Hall–Kier alpha value is -1.84. The number of nitrogens with zero attached hydrogens (tertiary/aromatic N) is 1. The van der Waals surface area contributed by atoms with Gasteiger partial charge in [-0.2, -0.15) is 5.10 Å². The highest BCUT2D eigenvalue weighted by molar-refractivity contribution is 5.78. The molecule has 1 amide bonds. The highest BCUT2D eigenvalue weighted by atomic mass is 16.5. The zero-order valence-corrected chi connectivity index (χ0v) is 10.4. The van der Waals surface area contributed by atoms with Crippen molar-refractivity contribution in [3.8, 4) is 5.75 Å². The van der Waals surface area contributed by atoms with Crippen molar-refractivity contribution in [1.82, 2.24) is 5.43 Å². The van der Waals surface area contributed by atoms with E-state index in [1.54, 1.807) is 6.21 Å². The highest BCUT2D eigenvalue weighted by Gasteiger charge is 2.02. The second-order valence-electron chi connectivity index (χ2n) is 4.11. The van der Waals surface area contributed by atoms with E-state index in [4.69, 9.17) is 4.74 Å². The minimum atomic E-state index is -0.259. The van der Waals surface area contributed by atoms with Gasteiger partial charge < -0.3 is 4.74 Å². The van der Waals surface area contributed by atoms with Gasteiger partial charge in [-0.15, -0.1) is 0 Å². The van der Waals surface area contributed by atoms with E-state index >= 15 is 0 Å². The van der Waals surface area contributed by atoms with Crippen LogP contribution in [0.15, 0.2) is 29.4 Å². The van der Waals surface area contributed by atoms with Gasteiger partial charge in [0.2, 0.25) is 0 Å². The molecule has 92 valence electrons. The predicted octanol–water partition coefficient (Wildman–Crippen LogP) is 2.13. The number of hydrazone groups is 1. The summed E-state index contributed by atoms with van der Waals surface area (Å²) in [5.41, 5.74) is 3.41. The molecule has 0 bridgehead atoms. The van der Waals surface area contributed by atoms with E-state index < -0.39 is 0 Å². The topological polar surface area (TPSA) is 50.7 Å². The van der Waals surface area contributed by atoms with Gasteiger partial charge in [0.25, 0.3) is 5.91 Å². The first-order valence-corrected chi connectivity index (χ1v) is 5.60. The van der Waals surface area contributed by atoms with Crippen LogP contribution in [0.5, 0.6) is 5.75 Å². The lowest BCUT2D eigenvalue weighted by Crippen LogP contribution is -2.25. The lowest BCUT2D eigenvalue weighted by atomic mass is 10.2. The van der Waals surface area contributed by atoms with Crippen molar-refractivity contribution < 1.29 is 9.53 Å². The molecule has 0 saturated heterocycles. The normalized spacial score (nSPS) is 10.8. The van der Waals surface area contributed by atoms with E-state index in [-0.39, 0.29) is 12.5 Å². The van der Waals surface area contributed by atoms with Gasteiger partial charge in [-0.1, -0.05) is 32.0 Å². The van der Waals surface area contributed by atoms with Gasteiger partial charge in [0.1, 0.15) is 5.75 Å². The van der Waals surface area contributed by atoms with Gasteiger partial charge in [0, 0.05) is 6.21 Å². The maximum absolute atomic E-state index is 11.4. The van der Waals surface area contributed by atoms with E-state index in [0.717, 1.165) is 11.3 Å². The second-order valence-corrected chi connectivity index (χ2v) is 4.11. The summed E-state index contributed by atoms with van der Waals surface area (Å²) in [7, 11) is 0. The van der Waals surface area contributed by atoms with E-state index in [2.05, 4.69) is 10.5 Å². The smallest absolute Gasteiger partial charge is 0.277 e. The standard InChI is InChI=1S/C13H18N2O2/c1-10(2)8-14-15-13(16)9-17-12-7-5-4-6-11(12)3/h4-8,10H,9H2,1-3H3,(H,15,16). The molecule has 4 nitrogen and oxygen atoms in total. The molecule has 0 aliphatic carbocycles. The van der Waals surface area contributed by atoms with Crippen molar-refractivity contribution in [2.45, 2.75) is 20.8 Å². The average molecular weight is 234 g/mol. The minimum absolute atomic E-state index is 0.0275. The van der Waals surface area contributed by atoms with E-state index in [1.807, 2.05) is 45.0 Å². The van der Waals surface area contributed by atoms with Crippen LogP contribution < -0.4 is 10.2 Å². The molecule has 0 unspecified atom stereocenters. The van der Waals surface area contributed by atoms with Gasteiger partial charge in [0.05, 0.1) is 0 Å². The monoisotopic (exact) mass is 234 g/mol. The number of ether oxygens (including phenoxy) is 1. The van der Waals surface area contributed by atoms with Crippen molar-refractivity contribution in [3.05, 3.63) is 29.8 Å². The number of nitrogens with one attached hydrogen (secondary N) is 1. The molecule has 0 aromatic heterocycles. The maximum Gasteiger partial charge on any atom is 0.277 e. The fourth-order valence-corrected chi connectivity index (χ4v) is 1.15. The van der Waals surface area contributed by atoms with Crippen LogP contribution >= 0.6 is 0 Å². The average Bonchev–Trinajstić information content (AvgIpc) is 2.27. The van der Waals surface area contributed by atoms with E-state index in [1.165, 1.54) is 0 Å². The van der Waals surface area contributed by atoms with Gasteiger partial charge in [-0.05, 0) is 24.5 Å². The Kier molecular flexibility index (Phi) is 5.20. The van der Waals surface area contributed by atoms with Crippen LogP contribution in [0.4, 0.5) is 0 Å². The Bertz CT molecular complexity index is 400. The summed E-state index contributed by atoms with van der Waals surface area (Å²) in [6.07, 6.45) is 1.67. The number of benzene rings is 1. The SMILES string of the molecule is Cc1ccccc1OCC(=O)NN=CC(C)C. The summed E-state index contributed by atoms with van der Waals surface area (Å²) in [6.45, 7) is 5.88. The van der Waals surface area contributed by atoms with Gasteiger partial charge in [-0.3, -0.25) is 4.79 Å². The summed E-state index contributed by atoms with van der Waals surface area (Å²) in [4.78, 5) is 11.4. The number of carbonyl (C=O) groups is 1. The highest BCUT2D eigenvalue weighted by Crippen LogP contribution is 2.15. The molecule has 0 aliphatic heterocycles. The van der Waals surface area contributed by atoms with Crippen molar-refractivity contribution in [1.29, 1.82) is 0 Å². The first kappa shape index (κ1) is 13.2. The van der Waals surface area contributed by atoms with Gasteiger partial charge in [0.15, 0.2) is 6.61 Å². The molecule has 1 aromatic carbocycles. The molecular weight excluding hydrogens is 216 g/mol. The van der Waals surface area contributed by atoms with Gasteiger partial charge >= 0.3 is 0 Å². The number of hydrogen-bond donors (Lipinski definition) is 1. The Morgan fingerprint density at radius 3 is 2.82 bits per heavy atom. The Labute approximate surface area is 102 Å². The van der Waals surface area contributed by atoms with Crippen molar-refractivity contribution in [2.24, 2.45) is 11.0 Å². The minimum Gasteiger partial charge on any atom is -0.483 e. The summed E-state index contributed by atoms with van der Waals surface area (Å²) in [5, 5.41) is 3.80. The van der Waals surface area contributed by atoms with Crippen LogP contribution in [0.3, 0.4) is 0 Å². The third-order valence-corrected chi connectivity index (χ3v) is 2.01. The van der Waals surface area contributed by atoms with Crippen LogP contribution in [0.2, 0.25) is 0 Å². The first-order chi connectivity index (χ1) is 8.09. The van der Waals surface area contributed by atoms with E-state index in [0.29, 0.717) is 5.92 Å². The molecule has 0 atom stereocenters. The number of para-hydroxylation sites is 1. The largest absolute Gasteiger partial charge is 0.483 e. The first-order valence-electron chi connectivity index (χ1n) is 5.60. The molecule has 1 N–H and O–H groups in total. The lowest BCUT2D eigenvalue weighted by Gasteiger charge is -2.07. The molecule has 0 fully saturated rings. The number of hydrogen-bond acceptors (Lipinski definition) is 3. The summed E-state index contributed by atoms with van der Waals surface area (Å²) < 4.78 is 5.37. The zero-order valence-electron chi connectivity index (χ0n) is 10.4. The lowest BCUT2D eigenvalue weighted by molar-refractivity contribution is -0.123. The third kappa shape index (κ3) is 5.15. The number of rotatable bonds is 5. The van der Waals surface area contributed by atoms with E-state index in [9.17, 15) is 4.79 Å². The molecule has 1 aromatic rings. The Morgan fingerprint density at radius 2 is 2.18 bits per heavy atom. The molecule has 0 saturated carbocycles. The molecule has 0 radical (unpaired) electrons. The molecule has 17 heavy (non-hydrogen) atoms. The third-order valence-electron chi connectivity index (χ3n) is 2.01. The predicted molar refractivity (Wildman–Crippen MR) is 68.1 cm³/mol. The second kappa shape index (κ2) is 6.68. The fourth-order valence-electron chi connectivity index (χ4n) is 1.15. The van der Waals surface area contributed by atoms with Crippen LogP contribution in [0.25, 0.3) is 0 Å². The zero-order chi connectivity index (χ0) is 12.7. The fraction of sp³-hybridized carbons (Fsp3) is 0.385. The molecule has 4 heteroatoms.